The maximum Gasteiger partial charge on any atom is 0.501 e. The lowest BCUT2D eigenvalue weighted by Crippen LogP contribution is -2.23. The molecule has 0 spiro atoms. The van der Waals surface area contributed by atoms with E-state index in [-0.39, 0.29) is 22.0 Å². The van der Waals surface area contributed by atoms with Crippen LogP contribution < -0.4 is 5.32 Å². The van der Waals surface area contributed by atoms with Crippen molar-refractivity contribution in [3.8, 4) is 11.3 Å². The number of nitrogens with zero attached hydrogens (tertiary/aromatic N) is 2. The van der Waals surface area contributed by atoms with Crippen LogP contribution in [-0.4, -0.2) is 33.2 Å². The Kier molecular flexibility index (Phi) is 5.26. The Bertz CT molecular complexity index is 1470. The van der Waals surface area contributed by atoms with Gasteiger partial charge in [0.2, 0.25) is 0 Å². The van der Waals surface area contributed by atoms with Crippen LogP contribution in [0.5, 0.6) is 0 Å². The van der Waals surface area contributed by atoms with Gasteiger partial charge < -0.3 is 5.32 Å². The van der Waals surface area contributed by atoms with Crippen molar-refractivity contribution in [1.82, 2.24) is 4.98 Å². The van der Waals surface area contributed by atoms with Gasteiger partial charge in [-0.25, -0.2) is 8.42 Å². The van der Waals surface area contributed by atoms with E-state index in [4.69, 9.17) is 11.6 Å². The van der Waals surface area contributed by atoms with Gasteiger partial charge in [-0.2, -0.15) is 21.6 Å². The average Bonchev–Trinajstić information content (AvgIpc) is 2.97. The van der Waals surface area contributed by atoms with E-state index in [1.54, 1.807) is 18.2 Å². The Labute approximate surface area is 185 Å². The number of hydrogen-bond donors (Lipinski definition) is 1. The van der Waals surface area contributed by atoms with E-state index in [1.165, 1.54) is 18.3 Å². The van der Waals surface area contributed by atoms with Crippen LogP contribution in [0.25, 0.3) is 11.3 Å². The van der Waals surface area contributed by atoms with Gasteiger partial charge in [-0.3, -0.25) is 4.98 Å². The van der Waals surface area contributed by atoms with Crippen LogP contribution in [0.3, 0.4) is 0 Å². The van der Waals surface area contributed by atoms with E-state index in [9.17, 15) is 30.0 Å². The third-order valence-electron chi connectivity index (χ3n) is 4.49. The molecule has 0 atom stereocenters. The molecule has 1 aliphatic heterocycles. The van der Waals surface area contributed by atoms with Gasteiger partial charge in [0.15, 0.2) is 5.84 Å². The first-order valence-corrected chi connectivity index (χ1v) is 12.0. The highest BCUT2D eigenvalue weighted by Gasteiger charge is 2.46. The Morgan fingerprint density at radius 3 is 2.31 bits per heavy atom. The van der Waals surface area contributed by atoms with Crippen molar-refractivity contribution in [2.45, 2.75) is 15.3 Å². The van der Waals surface area contributed by atoms with Crippen molar-refractivity contribution in [2.75, 3.05) is 5.32 Å². The van der Waals surface area contributed by atoms with Crippen LogP contribution >= 0.6 is 11.6 Å². The maximum atomic E-state index is 12.7. The van der Waals surface area contributed by atoms with Gasteiger partial charge in [0.1, 0.15) is 4.90 Å². The van der Waals surface area contributed by atoms with Crippen LogP contribution in [-0.2, 0) is 19.9 Å². The first kappa shape index (κ1) is 22.2. The molecule has 13 heteroatoms. The summed E-state index contributed by atoms with van der Waals surface area (Å²) in [5.74, 6) is -0.0647. The molecule has 1 aliphatic rings. The second kappa shape index (κ2) is 7.57. The highest BCUT2D eigenvalue weighted by Crippen LogP contribution is 2.34. The Morgan fingerprint density at radius 1 is 1.00 bits per heavy atom. The molecule has 7 nitrogen and oxygen atoms in total. The third kappa shape index (κ3) is 3.85. The van der Waals surface area contributed by atoms with Gasteiger partial charge in [-0.15, -0.1) is 4.40 Å². The summed E-state index contributed by atoms with van der Waals surface area (Å²) < 4.78 is 89.7. The van der Waals surface area contributed by atoms with E-state index in [1.807, 2.05) is 0 Å². The fraction of sp³-hybridized carbons (Fsp3) is 0.0526. The van der Waals surface area contributed by atoms with Crippen molar-refractivity contribution in [3.63, 3.8) is 0 Å². The number of amidine groups is 1. The zero-order valence-electron chi connectivity index (χ0n) is 15.6. The number of anilines is 1. The molecular weight excluding hydrogens is 491 g/mol. The van der Waals surface area contributed by atoms with Crippen molar-refractivity contribution in [3.05, 3.63) is 71.4 Å². The van der Waals surface area contributed by atoms with Crippen LogP contribution in [0.1, 0.15) is 5.56 Å². The molecule has 0 amide bonds. The van der Waals surface area contributed by atoms with Crippen LogP contribution in [0.2, 0.25) is 5.02 Å². The molecule has 0 bridgehead atoms. The number of benzene rings is 2. The summed E-state index contributed by atoms with van der Waals surface area (Å²) in [6, 6.07) is 11.4. The van der Waals surface area contributed by atoms with Crippen LogP contribution in [0.4, 0.5) is 18.9 Å². The monoisotopic (exact) mass is 501 g/mol. The number of hydrogen-bond acceptors (Lipinski definition) is 6. The molecule has 0 radical (unpaired) electrons. The van der Waals surface area contributed by atoms with Gasteiger partial charge in [0.25, 0.3) is 19.9 Å². The second-order valence-corrected chi connectivity index (χ2v) is 10.5. The molecule has 0 saturated carbocycles. The molecule has 4 rings (SSSR count). The molecule has 2 heterocycles. The molecule has 0 unspecified atom stereocenters. The van der Waals surface area contributed by atoms with Gasteiger partial charge in [0, 0.05) is 23.0 Å². The SMILES string of the molecule is O=S1(=O)N=C(Nc2ccc(S(=O)(=O)C(F)(F)F)cc2)c2ccc(-c3ncccc3Cl)cc21. The Hall–Kier alpha value is -2.96. The van der Waals surface area contributed by atoms with Crippen LogP contribution in [0.15, 0.2) is 75.0 Å². The van der Waals surface area contributed by atoms with Gasteiger partial charge >= 0.3 is 5.51 Å². The minimum Gasteiger partial charge on any atom is -0.339 e. The van der Waals surface area contributed by atoms with E-state index in [0.29, 0.717) is 16.3 Å². The molecule has 1 aromatic heterocycles. The molecule has 166 valence electrons. The normalized spacial score (nSPS) is 15.2. The minimum absolute atomic E-state index is 0.0647. The topological polar surface area (TPSA) is 106 Å². The quantitative estimate of drug-likeness (QED) is 0.575. The highest BCUT2D eigenvalue weighted by atomic mass is 35.5. The maximum absolute atomic E-state index is 12.7. The fourth-order valence-electron chi connectivity index (χ4n) is 2.97. The fourth-order valence-corrected chi connectivity index (χ4v) is 5.17. The summed E-state index contributed by atoms with van der Waals surface area (Å²) >= 11 is 6.12. The van der Waals surface area contributed by atoms with E-state index < -0.39 is 30.3 Å². The lowest BCUT2D eigenvalue weighted by Gasteiger charge is -2.10. The predicted octanol–water partition coefficient (Wildman–Crippen LogP) is 4.26. The predicted molar refractivity (Wildman–Crippen MR) is 112 cm³/mol. The van der Waals surface area contributed by atoms with Crippen molar-refractivity contribution in [2.24, 2.45) is 4.40 Å². The first-order valence-electron chi connectivity index (χ1n) is 8.69. The highest BCUT2D eigenvalue weighted by molar-refractivity contribution is 7.92. The second-order valence-electron chi connectivity index (χ2n) is 6.56. The van der Waals surface area contributed by atoms with Crippen molar-refractivity contribution < 1.29 is 30.0 Å². The molecule has 32 heavy (non-hydrogen) atoms. The first-order chi connectivity index (χ1) is 14.9. The molecule has 1 N–H and O–H groups in total. The van der Waals surface area contributed by atoms with Crippen molar-refractivity contribution in [1.29, 1.82) is 0 Å². The number of nitrogens with one attached hydrogen (secondary N) is 1. The van der Waals surface area contributed by atoms with Crippen molar-refractivity contribution >= 4 is 43.0 Å². The van der Waals surface area contributed by atoms with Gasteiger partial charge in [0.05, 0.1) is 15.6 Å². The minimum atomic E-state index is -5.49. The van der Waals surface area contributed by atoms with Gasteiger partial charge in [-0.05, 0) is 48.5 Å². The molecule has 0 fully saturated rings. The number of alkyl halides is 3. The summed E-state index contributed by atoms with van der Waals surface area (Å²) in [6.07, 6.45) is 1.51. The van der Waals surface area contributed by atoms with Gasteiger partial charge in [-0.1, -0.05) is 17.7 Å². The summed E-state index contributed by atoms with van der Waals surface area (Å²) in [6.45, 7) is 0. The zero-order valence-corrected chi connectivity index (χ0v) is 18.0. The molecule has 2 aromatic carbocycles. The molecular formula is C19H11ClF3N3O4S2. The lowest BCUT2D eigenvalue weighted by molar-refractivity contribution is -0.0436. The number of rotatable bonds is 3. The average molecular weight is 502 g/mol. The molecule has 3 aromatic rings. The largest absolute Gasteiger partial charge is 0.501 e. The summed E-state index contributed by atoms with van der Waals surface area (Å²) in [5.41, 5.74) is -4.22. The van der Waals surface area contributed by atoms with E-state index in [2.05, 4.69) is 14.7 Å². The lowest BCUT2D eigenvalue weighted by atomic mass is 10.1. The Balaban J connectivity index is 1.66. The third-order valence-corrected chi connectivity index (χ3v) is 7.61. The number of sulfone groups is 1. The Morgan fingerprint density at radius 2 is 1.69 bits per heavy atom. The number of fused-ring (bicyclic) bond motifs is 1. The number of pyridine rings is 1. The van der Waals surface area contributed by atoms with E-state index >= 15 is 0 Å². The number of halogens is 4. The van der Waals surface area contributed by atoms with Crippen LogP contribution in [0, 0.1) is 0 Å². The summed E-state index contributed by atoms with van der Waals surface area (Å²) in [4.78, 5) is 3.11. The summed E-state index contributed by atoms with van der Waals surface area (Å²) in [5, 5.41) is 3.02. The molecule has 0 aliphatic carbocycles. The smallest absolute Gasteiger partial charge is 0.339 e. The molecule has 0 saturated heterocycles. The number of aromatic nitrogens is 1. The van der Waals surface area contributed by atoms with E-state index in [0.717, 1.165) is 24.3 Å². The summed E-state index contributed by atoms with van der Waals surface area (Å²) in [7, 11) is -9.55. The standard InChI is InChI=1S/C19H11ClF3N3O4S2/c20-15-2-1-9-24-17(15)11-3-8-14-16(10-11)32(29,30)26-18(14)25-12-4-6-13(7-5-12)31(27,28)19(21,22)23/h1-10H,(H,25,26). The zero-order chi connectivity index (χ0) is 23.3. The number of sulfonamides is 1.